The summed E-state index contributed by atoms with van der Waals surface area (Å²) in [6.07, 6.45) is -1.05. The minimum Gasteiger partial charge on any atom is -0.480 e. The van der Waals surface area contributed by atoms with Gasteiger partial charge in [0.25, 0.3) is 11.8 Å². The quantitative estimate of drug-likeness (QED) is 0.707. The summed E-state index contributed by atoms with van der Waals surface area (Å²) in [5, 5.41) is 4.81. The molecule has 5 rings (SSSR count). The number of urea groups is 1. The summed E-state index contributed by atoms with van der Waals surface area (Å²) >= 11 is 0. The van der Waals surface area contributed by atoms with Crippen LogP contribution in [-0.2, 0) is 21.7 Å². The molecule has 3 heterocycles. The van der Waals surface area contributed by atoms with Gasteiger partial charge >= 0.3 is 6.03 Å². The average molecular weight is 438 g/mol. The first-order valence-corrected chi connectivity index (χ1v) is 10.6. The predicted molar refractivity (Wildman–Crippen MR) is 112 cm³/mol. The molecule has 2 fully saturated rings. The van der Waals surface area contributed by atoms with E-state index in [0.29, 0.717) is 13.1 Å². The van der Waals surface area contributed by atoms with Crippen molar-refractivity contribution in [1.29, 1.82) is 0 Å². The number of hydrogen-bond acceptors (Lipinski definition) is 5. The maximum Gasteiger partial charge on any atom is 0.322 e. The molecule has 0 radical (unpaired) electrons. The van der Waals surface area contributed by atoms with Gasteiger partial charge in [-0.3, -0.25) is 19.8 Å². The molecule has 0 bridgehead atoms. The molecule has 0 aliphatic carbocycles. The van der Waals surface area contributed by atoms with Crippen LogP contribution in [0.4, 0.5) is 9.18 Å². The average Bonchev–Trinajstić information content (AvgIpc) is 3.08. The molecule has 2 aromatic rings. The van der Waals surface area contributed by atoms with Crippen molar-refractivity contribution in [3.05, 3.63) is 65.5 Å². The van der Waals surface area contributed by atoms with Gasteiger partial charge in [-0.2, -0.15) is 0 Å². The standard InChI is InChI=1S/C23H23FN4O4/c24-16-6-7-18-17(12-16)23(21(30)25-22(31)26-23)13-19(32-18)20(29)28-10-8-27(9-11-28)14-15-4-2-1-3-5-15/h1-7,12,19H,8-11,13-14H2,(H2,25,26,30,31)/t19-,23-/m1/s1. The molecule has 9 heteroatoms. The topological polar surface area (TPSA) is 91.0 Å². The zero-order valence-electron chi connectivity index (χ0n) is 17.3. The van der Waals surface area contributed by atoms with Gasteiger partial charge < -0.3 is 15.0 Å². The van der Waals surface area contributed by atoms with Crippen molar-refractivity contribution in [2.75, 3.05) is 26.2 Å². The molecule has 2 N–H and O–H groups in total. The Hall–Kier alpha value is -3.46. The van der Waals surface area contributed by atoms with E-state index in [1.54, 1.807) is 4.90 Å². The highest BCUT2D eigenvalue weighted by atomic mass is 19.1. The van der Waals surface area contributed by atoms with Crippen LogP contribution in [0.5, 0.6) is 5.75 Å². The van der Waals surface area contributed by atoms with Gasteiger partial charge in [-0.1, -0.05) is 30.3 Å². The number of carbonyl (C=O) groups excluding carboxylic acids is 3. The number of ether oxygens (including phenoxy) is 1. The normalized spacial score (nSPS) is 25.2. The van der Waals surface area contributed by atoms with E-state index in [1.165, 1.54) is 23.8 Å². The summed E-state index contributed by atoms with van der Waals surface area (Å²) in [4.78, 5) is 41.9. The summed E-state index contributed by atoms with van der Waals surface area (Å²) in [6.45, 7) is 3.33. The monoisotopic (exact) mass is 438 g/mol. The highest BCUT2D eigenvalue weighted by Crippen LogP contribution is 2.42. The van der Waals surface area contributed by atoms with E-state index >= 15 is 0 Å². The van der Waals surface area contributed by atoms with Gasteiger partial charge in [-0.15, -0.1) is 0 Å². The van der Waals surface area contributed by atoms with Crippen LogP contribution in [0.15, 0.2) is 48.5 Å². The van der Waals surface area contributed by atoms with Gasteiger partial charge in [0.05, 0.1) is 0 Å². The Balaban J connectivity index is 1.31. The molecule has 2 aromatic carbocycles. The third-order valence-corrected chi connectivity index (χ3v) is 6.31. The Bertz CT molecular complexity index is 1070. The van der Waals surface area contributed by atoms with Crippen LogP contribution < -0.4 is 15.4 Å². The Morgan fingerprint density at radius 2 is 1.84 bits per heavy atom. The molecule has 8 nitrogen and oxygen atoms in total. The van der Waals surface area contributed by atoms with Crippen LogP contribution in [0.2, 0.25) is 0 Å². The van der Waals surface area contributed by atoms with Crippen molar-refractivity contribution < 1.29 is 23.5 Å². The lowest BCUT2D eigenvalue weighted by Crippen LogP contribution is -2.57. The van der Waals surface area contributed by atoms with E-state index in [2.05, 4.69) is 27.7 Å². The number of nitrogens with one attached hydrogen (secondary N) is 2. The smallest absolute Gasteiger partial charge is 0.322 e. The van der Waals surface area contributed by atoms with Crippen molar-refractivity contribution in [3.63, 3.8) is 0 Å². The van der Waals surface area contributed by atoms with Crippen molar-refractivity contribution in [2.24, 2.45) is 0 Å². The fourth-order valence-electron chi connectivity index (χ4n) is 4.66. The molecule has 3 aliphatic rings. The van der Waals surface area contributed by atoms with Crippen molar-refractivity contribution in [1.82, 2.24) is 20.4 Å². The van der Waals surface area contributed by atoms with Crippen molar-refractivity contribution >= 4 is 17.8 Å². The summed E-state index contributed by atoms with van der Waals surface area (Å²) < 4.78 is 19.8. The first-order valence-electron chi connectivity index (χ1n) is 10.6. The molecule has 32 heavy (non-hydrogen) atoms. The Labute approximate surface area is 184 Å². The molecule has 1 spiro atoms. The van der Waals surface area contributed by atoms with Gasteiger partial charge in [0.2, 0.25) is 0 Å². The van der Waals surface area contributed by atoms with E-state index in [9.17, 15) is 18.8 Å². The lowest BCUT2D eigenvalue weighted by molar-refractivity contribution is -0.143. The zero-order valence-corrected chi connectivity index (χ0v) is 17.3. The number of amides is 4. The van der Waals surface area contributed by atoms with Gasteiger partial charge in [-0.25, -0.2) is 9.18 Å². The van der Waals surface area contributed by atoms with E-state index in [0.717, 1.165) is 19.6 Å². The van der Waals surface area contributed by atoms with E-state index in [-0.39, 0.29) is 23.6 Å². The number of nitrogens with zero attached hydrogens (tertiary/aromatic N) is 2. The largest absolute Gasteiger partial charge is 0.480 e. The molecule has 166 valence electrons. The molecule has 2 saturated heterocycles. The SMILES string of the molecule is O=C1NC(=O)[C@]2(C[C@H](C(=O)N3CCN(Cc4ccccc4)CC3)Oc3ccc(F)cc32)N1. The Morgan fingerprint density at radius 1 is 1.09 bits per heavy atom. The van der Waals surface area contributed by atoms with Crippen molar-refractivity contribution in [3.8, 4) is 5.75 Å². The third kappa shape index (κ3) is 3.58. The number of piperazine rings is 1. The number of rotatable bonds is 3. The molecule has 0 saturated carbocycles. The summed E-state index contributed by atoms with van der Waals surface area (Å²) in [5.74, 6) is -1.19. The highest BCUT2D eigenvalue weighted by Gasteiger charge is 2.55. The van der Waals surface area contributed by atoms with Gasteiger partial charge in [0, 0.05) is 44.7 Å². The van der Waals surface area contributed by atoms with Crippen LogP contribution >= 0.6 is 0 Å². The predicted octanol–water partition coefficient (Wildman–Crippen LogP) is 1.36. The van der Waals surface area contributed by atoms with Crippen LogP contribution in [0.3, 0.4) is 0 Å². The van der Waals surface area contributed by atoms with Gasteiger partial charge in [-0.05, 0) is 23.8 Å². The summed E-state index contributed by atoms with van der Waals surface area (Å²) in [6, 6.07) is 13.2. The van der Waals surface area contributed by atoms with Crippen LogP contribution in [-0.4, -0.2) is 59.9 Å². The number of imide groups is 1. The first kappa shape index (κ1) is 20.4. The number of halogens is 1. The second kappa shape index (κ2) is 7.90. The number of carbonyl (C=O) groups is 3. The minimum atomic E-state index is -1.53. The molecular formula is C23H23FN4O4. The number of fused-ring (bicyclic) bond motifs is 2. The lowest BCUT2D eigenvalue weighted by Gasteiger charge is -2.40. The van der Waals surface area contributed by atoms with Gasteiger partial charge in [0.1, 0.15) is 11.6 Å². The van der Waals surface area contributed by atoms with E-state index in [1.807, 2.05) is 18.2 Å². The number of hydrogen-bond donors (Lipinski definition) is 2. The molecule has 4 amide bonds. The molecule has 0 aromatic heterocycles. The fraction of sp³-hybridized carbons (Fsp3) is 0.348. The van der Waals surface area contributed by atoms with Crippen LogP contribution in [0.25, 0.3) is 0 Å². The summed E-state index contributed by atoms with van der Waals surface area (Å²) in [5.41, 5.74) is -0.0865. The molecule has 0 unspecified atom stereocenters. The third-order valence-electron chi connectivity index (χ3n) is 6.31. The first-order chi connectivity index (χ1) is 15.4. The Kier molecular flexibility index (Phi) is 5.05. The second-order valence-corrected chi connectivity index (χ2v) is 8.35. The molecule has 2 atom stereocenters. The molecular weight excluding hydrogens is 415 g/mol. The van der Waals surface area contributed by atoms with E-state index < -0.39 is 29.4 Å². The van der Waals surface area contributed by atoms with Crippen molar-refractivity contribution in [2.45, 2.75) is 24.6 Å². The summed E-state index contributed by atoms with van der Waals surface area (Å²) in [7, 11) is 0. The maximum absolute atomic E-state index is 13.9. The molecule has 3 aliphatic heterocycles. The minimum absolute atomic E-state index is 0.0932. The number of benzene rings is 2. The highest BCUT2D eigenvalue weighted by molar-refractivity contribution is 6.08. The van der Waals surface area contributed by atoms with Crippen LogP contribution in [0, 0.1) is 5.82 Å². The van der Waals surface area contributed by atoms with E-state index in [4.69, 9.17) is 4.74 Å². The maximum atomic E-state index is 13.9. The van der Waals surface area contributed by atoms with Gasteiger partial charge in [0.15, 0.2) is 11.6 Å². The second-order valence-electron chi connectivity index (χ2n) is 8.35. The lowest BCUT2D eigenvalue weighted by atomic mass is 9.81. The fourth-order valence-corrected chi connectivity index (χ4v) is 4.66. The Morgan fingerprint density at radius 3 is 2.53 bits per heavy atom. The zero-order chi connectivity index (χ0) is 22.3. The van der Waals surface area contributed by atoms with Crippen LogP contribution in [0.1, 0.15) is 17.5 Å².